The maximum atomic E-state index is 10.1. The third-order valence-electron chi connectivity index (χ3n) is 2.26. The third kappa shape index (κ3) is 11.3. The molecule has 1 aromatic rings. The summed E-state index contributed by atoms with van der Waals surface area (Å²) in [6.45, 7) is 3.62. The van der Waals surface area contributed by atoms with E-state index in [2.05, 4.69) is 20.3 Å². The van der Waals surface area contributed by atoms with Gasteiger partial charge in [-0.2, -0.15) is 15.0 Å². The Kier molecular flexibility index (Phi) is 9.59. The summed E-state index contributed by atoms with van der Waals surface area (Å²) in [5.74, 6) is -0.500. The second-order valence-corrected chi connectivity index (χ2v) is 4.25. The van der Waals surface area contributed by atoms with Crippen LogP contribution >= 0.6 is 0 Å². The average molecular weight is 341 g/mol. The van der Waals surface area contributed by atoms with Crippen LogP contribution in [0.25, 0.3) is 0 Å². The molecular formula is C10H23N13O. The van der Waals surface area contributed by atoms with Gasteiger partial charge in [-0.15, -0.1) is 0 Å². The van der Waals surface area contributed by atoms with Crippen LogP contribution in [0.3, 0.4) is 0 Å². The number of nitrogens with two attached hydrogens (primary N) is 5. The minimum atomic E-state index is -0.312. The molecule has 0 radical (unpaired) electrons. The number of aromatic nitrogens is 3. The number of nitrogens with zero attached hydrogens (tertiary/aromatic N) is 4. The fraction of sp³-hybridized carbons (Fsp3) is 0.400. The van der Waals surface area contributed by atoms with Crippen LogP contribution in [0.15, 0.2) is 0 Å². The SMILES string of the molecule is N=C(N)NC(=N)N.Nc1nc(N)nc(N)n1.O=CN1CCNCC1. The van der Waals surface area contributed by atoms with Crippen molar-refractivity contribution < 1.29 is 4.79 Å². The summed E-state index contributed by atoms with van der Waals surface area (Å²) in [5.41, 5.74) is 24.9. The largest absolute Gasteiger partial charge is 0.370 e. The Balaban J connectivity index is 0.000000334. The molecule has 0 bridgehead atoms. The first-order valence-electron chi connectivity index (χ1n) is 6.62. The molecule has 0 spiro atoms. The number of carbonyl (C=O) groups excluding carboxylic acids is 1. The van der Waals surface area contributed by atoms with E-state index in [4.69, 9.17) is 39.5 Å². The number of hydrogen-bond acceptors (Lipinski definition) is 10. The summed E-state index contributed by atoms with van der Waals surface area (Å²) >= 11 is 0. The van der Waals surface area contributed by atoms with E-state index < -0.39 is 0 Å². The van der Waals surface area contributed by atoms with Crippen LogP contribution in [-0.4, -0.2) is 64.4 Å². The number of anilines is 3. The number of rotatable bonds is 1. The predicted molar refractivity (Wildman–Crippen MR) is 90.5 cm³/mol. The highest BCUT2D eigenvalue weighted by Crippen LogP contribution is 1.97. The first kappa shape index (κ1) is 20.6. The molecule has 24 heavy (non-hydrogen) atoms. The van der Waals surface area contributed by atoms with Crippen LogP contribution in [0.1, 0.15) is 0 Å². The Morgan fingerprint density at radius 3 is 1.58 bits per heavy atom. The molecule has 0 aromatic carbocycles. The zero-order valence-corrected chi connectivity index (χ0v) is 13.0. The van der Waals surface area contributed by atoms with E-state index in [1.165, 1.54) is 0 Å². The van der Waals surface area contributed by atoms with E-state index in [0.717, 1.165) is 32.6 Å². The maximum absolute atomic E-state index is 10.1. The van der Waals surface area contributed by atoms with Crippen LogP contribution in [-0.2, 0) is 4.79 Å². The van der Waals surface area contributed by atoms with Crippen molar-refractivity contribution in [2.45, 2.75) is 0 Å². The number of carbonyl (C=O) groups is 1. The van der Waals surface area contributed by atoms with Crippen molar-refractivity contribution >= 4 is 36.2 Å². The van der Waals surface area contributed by atoms with Gasteiger partial charge in [-0.25, -0.2) is 0 Å². The molecule has 0 saturated carbocycles. The molecule has 0 unspecified atom stereocenters. The molecular weight excluding hydrogens is 318 g/mol. The van der Waals surface area contributed by atoms with Crippen LogP contribution in [0.5, 0.6) is 0 Å². The van der Waals surface area contributed by atoms with Crippen LogP contribution < -0.4 is 39.3 Å². The molecule has 1 aliphatic heterocycles. The second-order valence-electron chi connectivity index (χ2n) is 4.25. The molecule has 0 atom stereocenters. The van der Waals surface area contributed by atoms with Crippen LogP contribution in [0, 0.1) is 10.8 Å². The lowest BCUT2D eigenvalue weighted by molar-refractivity contribution is -0.118. The number of piperazine rings is 1. The molecule has 2 heterocycles. The van der Waals surface area contributed by atoms with Gasteiger partial charge in [-0.05, 0) is 0 Å². The topological polar surface area (TPSA) is 261 Å². The van der Waals surface area contributed by atoms with Crippen LogP contribution in [0.4, 0.5) is 17.8 Å². The minimum absolute atomic E-state index is 0.0417. The summed E-state index contributed by atoms with van der Waals surface area (Å²) < 4.78 is 0. The number of nitrogen functional groups attached to an aromatic ring is 3. The lowest BCUT2D eigenvalue weighted by Crippen LogP contribution is -2.42. The zero-order valence-electron chi connectivity index (χ0n) is 13.0. The quantitative estimate of drug-likeness (QED) is 0.135. The molecule has 14 N–H and O–H groups in total. The summed E-state index contributed by atoms with van der Waals surface area (Å²) in [7, 11) is 0. The Morgan fingerprint density at radius 1 is 1.00 bits per heavy atom. The lowest BCUT2D eigenvalue weighted by Gasteiger charge is -2.22. The molecule has 2 rings (SSSR count). The van der Waals surface area contributed by atoms with Crippen molar-refractivity contribution in [3.05, 3.63) is 0 Å². The first-order chi connectivity index (χ1) is 11.2. The van der Waals surface area contributed by atoms with Crippen molar-refractivity contribution in [1.82, 2.24) is 30.5 Å². The molecule has 1 aliphatic rings. The fourth-order valence-corrected chi connectivity index (χ4v) is 1.36. The molecule has 1 amide bonds. The van der Waals surface area contributed by atoms with Gasteiger partial charge in [0.15, 0.2) is 11.9 Å². The predicted octanol–water partition coefficient (Wildman–Crippen LogP) is -3.97. The molecule has 1 saturated heterocycles. The normalized spacial score (nSPS) is 12.6. The molecule has 14 heteroatoms. The summed E-state index contributed by atoms with van der Waals surface area (Å²) in [6, 6.07) is 0. The standard InChI is InChI=1S/C5H10N2O.C3H6N6.C2H7N5/c8-5-7-3-1-6-2-4-7;4-1-7-2(5)9-3(6)8-1;3-1(4)7-2(5)6/h5-6H,1-4H2;(H6,4,5,6,7,8,9);(H7,3,4,5,6,7). The van der Waals surface area contributed by atoms with Crippen molar-refractivity contribution in [3.63, 3.8) is 0 Å². The van der Waals surface area contributed by atoms with Gasteiger partial charge in [0.2, 0.25) is 24.3 Å². The van der Waals surface area contributed by atoms with Gasteiger partial charge < -0.3 is 38.9 Å². The van der Waals surface area contributed by atoms with Crippen molar-refractivity contribution in [2.75, 3.05) is 43.4 Å². The molecule has 134 valence electrons. The highest BCUT2D eigenvalue weighted by Gasteiger charge is 2.04. The van der Waals surface area contributed by atoms with Gasteiger partial charge in [0.05, 0.1) is 0 Å². The van der Waals surface area contributed by atoms with Crippen molar-refractivity contribution in [1.29, 1.82) is 10.8 Å². The Hall–Kier alpha value is -3.42. The monoisotopic (exact) mass is 341 g/mol. The molecule has 1 aromatic heterocycles. The summed E-state index contributed by atoms with van der Waals surface area (Å²) in [4.78, 5) is 22.3. The highest BCUT2D eigenvalue weighted by atomic mass is 16.1. The van der Waals surface area contributed by atoms with Gasteiger partial charge in [0.25, 0.3) is 0 Å². The van der Waals surface area contributed by atoms with Gasteiger partial charge in [-0.1, -0.05) is 0 Å². The Bertz CT molecular complexity index is 479. The maximum Gasteiger partial charge on any atom is 0.226 e. The average Bonchev–Trinajstić information content (AvgIpc) is 2.46. The Morgan fingerprint density at radius 2 is 1.38 bits per heavy atom. The first-order valence-corrected chi connectivity index (χ1v) is 6.62. The summed E-state index contributed by atoms with van der Waals surface area (Å²) in [6.07, 6.45) is 0.904. The number of hydrogen-bond donors (Lipinski definition) is 9. The lowest BCUT2D eigenvalue weighted by atomic mass is 10.4. The molecule has 0 aliphatic carbocycles. The molecule has 14 nitrogen and oxygen atoms in total. The smallest absolute Gasteiger partial charge is 0.226 e. The van der Waals surface area contributed by atoms with Crippen molar-refractivity contribution in [2.24, 2.45) is 11.5 Å². The van der Waals surface area contributed by atoms with E-state index in [1.807, 2.05) is 5.32 Å². The number of guanidine groups is 2. The van der Waals surface area contributed by atoms with Gasteiger partial charge in [0, 0.05) is 26.2 Å². The highest BCUT2D eigenvalue weighted by molar-refractivity contribution is 5.93. The van der Waals surface area contributed by atoms with Crippen LogP contribution in [0.2, 0.25) is 0 Å². The Labute approximate surface area is 138 Å². The molecule has 1 fully saturated rings. The van der Waals surface area contributed by atoms with E-state index >= 15 is 0 Å². The van der Waals surface area contributed by atoms with Gasteiger partial charge in [0.1, 0.15) is 0 Å². The minimum Gasteiger partial charge on any atom is -0.370 e. The zero-order chi connectivity index (χ0) is 18.5. The second kappa shape index (κ2) is 11.2. The van der Waals surface area contributed by atoms with E-state index in [-0.39, 0.29) is 29.8 Å². The van der Waals surface area contributed by atoms with Crippen molar-refractivity contribution in [3.8, 4) is 0 Å². The third-order valence-corrected chi connectivity index (χ3v) is 2.26. The van der Waals surface area contributed by atoms with Gasteiger partial charge in [-0.3, -0.25) is 20.9 Å². The van der Waals surface area contributed by atoms with Gasteiger partial charge >= 0.3 is 0 Å². The summed E-state index contributed by atoms with van der Waals surface area (Å²) in [5, 5.41) is 18.1. The number of amides is 1. The number of nitrogens with one attached hydrogen (secondary N) is 4. The van der Waals surface area contributed by atoms with E-state index in [1.54, 1.807) is 4.90 Å². The van der Waals surface area contributed by atoms with E-state index in [0.29, 0.717) is 0 Å². The fourth-order valence-electron chi connectivity index (χ4n) is 1.36. The van der Waals surface area contributed by atoms with E-state index in [9.17, 15) is 4.79 Å².